The van der Waals surface area contributed by atoms with Gasteiger partial charge < -0.3 is 22.3 Å². The molecule has 0 atom stereocenters. The molecule has 6 rings (SSSR count). The Bertz CT molecular complexity index is 2660. The van der Waals surface area contributed by atoms with Crippen molar-refractivity contribution in [2.24, 2.45) is 30.7 Å². The normalized spacial score (nSPS) is 12.1. The molecule has 0 bridgehead atoms. The molecule has 6 aromatic rings. The first-order chi connectivity index (χ1) is 23.7. The Balaban J connectivity index is 0.00000302. The van der Waals surface area contributed by atoms with E-state index in [2.05, 4.69) is 30.7 Å². The van der Waals surface area contributed by atoms with Crippen LogP contribution in [-0.2, 0) is 20.2 Å². The number of nitrogen functional groups attached to an aromatic ring is 3. The maximum atomic E-state index is 12.3. The van der Waals surface area contributed by atoms with Gasteiger partial charge in [0.25, 0.3) is 20.2 Å². The molecule has 0 aromatic heterocycles. The second kappa shape index (κ2) is 16.1. The summed E-state index contributed by atoms with van der Waals surface area (Å²) < 4.78 is 67.2. The molecule has 0 saturated heterocycles. The fourth-order valence-corrected chi connectivity index (χ4v) is 6.01. The molecule has 0 amide bonds. The molecule has 20 heteroatoms. The number of nitrogens with two attached hydrogens (primary N) is 3. The van der Waals surface area contributed by atoms with Crippen LogP contribution in [-0.4, -0.2) is 90.2 Å². The van der Waals surface area contributed by atoms with Gasteiger partial charge in [-0.15, -0.1) is 15.3 Å². The molecule has 0 heterocycles. The van der Waals surface area contributed by atoms with Crippen molar-refractivity contribution in [1.29, 1.82) is 0 Å². The van der Waals surface area contributed by atoms with Gasteiger partial charge in [-0.1, -0.05) is 12.1 Å². The number of nitrogens with zero attached hydrogens (tertiary/aromatic N) is 6. The van der Waals surface area contributed by atoms with Crippen LogP contribution in [0, 0.1) is 0 Å². The zero-order valence-corrected chi connectivity index (χ0v) is 33.1. The van der Waals surface area contributed by atoms with E-state index in [1.165, 1.54) is 66.7 Å². The van der Waals surface area contributed by atoms with Gasteiger partial charge in [0.1, 0.15) is 16.3 Å². The number of benzene rings is 6. The number of fused-ring (bicyclic) bond motifs is 2. The van der Waals surface area contributed by atoms with Gasteiger partial charge in [-0.3, -0.25) is 9.11 Å². The zero-order valence-electron chi connectivity index (χ0n) is 27.4. The summed E-state index contributed by atoms with van der Waals surface area (Å²) >= 11 is 0. The Morgan fingerprint density at radius 3 is 1.73 bits per heavy atom. The first kappa shape index (κ1) is 40.4. The SMILES string of the molecule is Nc1ccc(N=Nc2ccc3cc(S(=O)(=O)O)c(N=Nc4ccc(N=Nc5ccc(N)c6ccc(S(=O)(=O)O)cc56)cc4)c(O)c3c2)c(N)c1.[Na].[Na]. The predicted molar refractivity (Wildman–Crippen MR) is 199 cm³/mol. The molecule has 2 radical (unpaired) electrons. The largest absolute Gasteiger partial charge is 0.505 e. The van der Waals surface area contributed by atoms with Gasteiger partial charge in [-0.05, 0) is 90.3 Å². The molecule has 0 aliphatic heterocycles. The molecule has 0 aliphatic carbocycles. The van der Waals surface area contributed by atoms with Crippen molar-refractivity contribution in [3.63, 3.8) is 0 Å². The average Bonchev–Trinajstić information content (AvgIpc) is 3.07. The summed E-state index contributed by atoms with van der Waals surface area (Å²) in [7, 11) is -9.32. The molecule has 254 valence electrons. The standard InChI is InChI=1S/C32H25N9O7S2.2Na/c33-18-2-11-29(27(35)14-18)40-38-21-3-1-17-13-30(50(46,47)48)31(32(42)24(17)15-21)41-37-20-6-4-19(5-7-20)36-39-28-12-10-26(34)23-9-8-22(16-25(23)28)49(43,44)45;;/h1-16,42H,33-35H2,(H,43,44,45)(H,46,47,48);;. The Kier molecular flexibility index (Phi) is 12.5. The molecule has 6 aromatic carbocycles. The maximum absolute atomic E-state index is 12.3. The van der Waals surface area contributed by atoms with Crippen molar-refractivity contribution < 1.29 is 31.0 Å². The minimum absolute atomic E-state index is 0. The number of hydrogen-bond acceptors (Lipinski definition) is 14. The third-order valence-corrected chi connectivity index (χ3v) is 9.04. The van der Waals surface area contributed by atoms with E-state index in [1.54, 1.807) is 24.3 Å². The smallest absolute Gasteiger partial charge is 0.296 e. The summed E-state index contributed by atoms with van der Waals surface area (Å²) in [6.45, 7) is 0. The van der Waals surface area contributed by atoms with Crippen molar-refractivity contribution in [2.45, 2.75) is 9.79 Å². The van der Waals surface area contributed by atoms with Crippen LogP contribution in [0.25, 0.3) is 21.5 Å². The monoisotopic (exact) mass is 757 g/mol. The first-order valence-corrected chi connectivity index (χ1v) is 17.1. The summed E-state index contributed by atoms with van der Waals surface area (Å²) in [6.07, 6.45) is 0. The third-order valence-electron chi connectivity index (χ3n) is 7.32. The minimum Gasteiger partial charge on any atom is -0.505 e. The number of hydrogen-bond donors (Lipinski definition) is 6. The Morgan fingerprint density at radius 1 is 0.500 bits per heavy atom. The second-order valence-electron chi connectivity index (χ2n) is 10.7. The zero-order chi connectivity index (χ0) is 35.8. The number of aromatic hydroxyl groups is 1. The summed E-state index contributed by atoms with van der Waals surface area (Å²) in [5.74, 6) is -0.582. The average molecular weight is 758 g/mol. The van der Waals surface area contributed by atoms with Crippen LogP contribution in [0.4, 0.5) is 51.2 Å². The van der Waals surface area contributed by atoms with Crippen LogP contribution >= 0.6 is 0 Å². The molecule has 0 spiro atoms. The number of rotatable bonds is 8. The quantitative estimate of drug-likeness (QED) is 0.0386. The van der Waals surface area contributed by atoms with Gasteiger partial charge >= 0.3 is 0 Å². The first-order valence-electron chi connectivity index (χ1n) is 14.2. The van der Waals surface area contributed by atoms with E-state index in [0.717, 1.165) is 6.07 Å². The second-order valence-corrected chi connectivity index (χ2v) is 13.6. The maximum Gasteiger partial charge on any atom is 0.296 e. The fraction of sp³-hybridized carbons (Fsp3) is 0. The van der Waals surface area contributed by atoms with E-state index in [0.29, 0.717) is 44.9 Å². The van der Waals surface area contributed by atoms with Gasteiger partial charge in [0, 0.05) is 86.6 Å². The molecule has 16 nitrogen and oxygen atoms in total. The topological polar surface area (TPSA) is 281 Å². The molecule has 52 heavy (non-hydrogen) atoms. The van der Waals surface area contributed by atoms with Crippen molar-refractivity contribution >= 4 is 152 Å². The van der Waals surface area contributed by atoms with E-state index >= 15 is 0 Å². The van der Waals surface area contributed by atoms with Gasteiger partial charge in [-0.2, -0.15) is 32.2 Å². The molecule has 0 unspecified atom stereocenters. The third kappa shape index (κ3) is 8.99. The van der Waals surface area contributed by atoms with Crippen LogP contribution in [0.15, 0.2) is 138 Å². The van der Waals surface area contributed by atoms with Crippen molar-refractivity contribution in [1.82, 2.24) is 0 Å². The number of anilines is 3. The van der Waals surface area contributed by atoms with Gasteiger partial charge in [0.15, 0.2) is 5.75 Å². The summed E-state index contributed by atoms with van der Waals surface area (Å²) in [5, 5.41) is 37.0. The van der Waals surface area contributed by atoms with E-state index in [1.807, 2.05) is 0 Å². The molecule has 0 aliphatic rings. The van der Waals surface area contributed by atoms with E-state index in [-0.39, 0.29) is 86.2 Å². The van der Waals surface area contributed by atoms with E-state index < -0.39 is 36.6 Å². The number of phenols is 1. The molecular formula is C32H25N9Na2O7S2. The van der Waals surface area contributed by atoms with Crippen LogP contribution in [0.2, 0.25) is 0 Å². The van der Waals surface area contributed by atoms with Crippen molar-refractivity contribution in [2.75, 3.05) is 17.2 Å². The minimum atomic E-state index is -4.85. The van der Waals surface area contributed by atoms with E-state index in [9.17, 15) is 31.0 Å². The fourth-order valence-electron chi connectivity index (χ4n) is 4.85. The molecule has 0 fully saturated rings. The van der Waals surface area contributed by atoms with Crippen LogP contribution in [0.3, 0.4) is 0 Å². The molecule has 0 saturated carbocycles. The van der Waals surface area contributed by atoms with Gasteiger partial charge in [0.05, 0.1) is 33.3 Å². The molecular weight excluding hydrogens is 733 g/mol. The van der Waals surface area contributed by atoms with Crippen molar-refractivity contribution in [3.05, 3.63) is 97.1 Å². The Morgan fingerprint density at radius 2 is 1.10 bits per heavy atom. The van der Waals surface area contributed by atoms with Gasteiger partial charge in [0.2, 0.25) is 0 Å². The number of azo groups is 3. The number of phenolic OH excluding ortho intramolecular Hbond substituents is 1. The Labute approximate surface area is 340 Å². The predicted octanol–water partition coefficient (Wildman–Crippen LogP) is 7.42. The summed E-state index contributed by atoms with van der Waals surface area (Å²) in [5.41, 5.74) is 19.8. The van der Waals surface area contributed by atoms with Crippen LogP contribution < -0.4 is 17.2 Å². The molecule has 9 N–H and O–H groups in total. The van der Waals surface area contributed by atoms with Crippen LogP contribution in [0.1, 0.15) is 0 Å². The van der Waals surface area contributed by atoms with E-state index in [4.69, 9.17) is 17.2 Å². The van der Waals surface area contributed by atoms with Crippen LogP contribution in [0.5, 0.6) is 5.75 Å². The van der Waals surface area contributed by atoms with Gasteiger partial charge in [-0.25, -0.2) is 0 Å². The van der Waals surface area contributed by atoms with Crippen molar-refractivity contribution in [3.8, 4) is 5.75 Å². The summed E-state index contributed by atoms with van der Waals surface area (Å²) in [4.78, 5) is -1.00. The Hall–Kier alpha value is -4.34. The summed E-state index contributed by atoms with van der Waals surface area (Å²) in [6, 6.07) is 23.4.